The van der Waals surface area contributed by atoms with E-state index in [1.165, 1.54) is 13.4 Å². The Hall–Kier alpha value is -1.99. The molecule has 0 aliphatic rings. The average Bonchev–Trinajstić information content (AvgIpc) is 2.97. The molecule has 0 radical (unpaired) electrons. The van der Waals surface area contributed by atoms with E-state index in [4.69, 9.17) is 10.5 Å². The van der Waals surface area contributed by atoms with E-state index in [1.54, 1.807) is 0 Å². The zero-order valence-electron chi connectivity index (χ0n) is 15.5. The number of aliphatic hydroxyl groups excluding tert-OH is 1. The van der Waals surface area contributed by atoms with Crippen LogP contribution in [0.3, 0.4) is 0 Å². The van der Waals surface area contributed by atoms with Gasteiger partial charge in [-0.1, -0.05) is 27.7 Å². The fraction of sp³-hybridized carbons (Fsp3) is 0.588. The standard InChI is InChI=1S/C13H18N4O3.2C2H6/c1-9-5-17(4-3-13(6-18,7-19)20-2)12-10(9)11(14)15-8-16-12;2*1-2/h5-6,8,19H,3-4,7H2,1-2H3,(H2,14,15,16);2*1-2H3/t13-;;/m1../s1. The van der Waals surface area contributed by atoms with E-state index in [9.17, 15) is 9.90 Å². The first-order valence-corrected chi connectivity index (χ1v) is 8.25. The van der Waals surface area contributed by atoms with Crippen molar-refractivity contribution in [3.8, 4) is 0 Å². The van der Waals surface area contributed by atoms with Gasteiger partial charge in [0, 0.05) is 26.3 Å². The summed E-state index contributed by atoms with van der Waals surface area (Å²) in [6.45, 7) is 10.0. The normalized spacial score (nSPS) is 12.5. The minimum atomic E-state index is -1.18. The van der Waals surface area contributed by atoms with Crippen LogP contribution >= 0.6 is 0 Å². The summed E-state index contributed by atoms with van der Waals surface area (Å²) in [7, 11) is 1.41. The lowest BCUT2D eigenvalue weighted by atomic mass is 10.0. The molecule has 0 bridgehead atoms. The van der Waals surface area contributed by atoms with Gasteiger partial charge in [-0.2, -0.15) is 0 Å². The number of ether oxygens (including phenoxy) is 1. The van der Waals surface area contributed by atoms with Crippen molar-refractivity contribution in [2.24, 2.45) is 0 Å². The molecule has 0 fully saturated rings. The number of aldehydes is 1. The molecule has 0 saturated carbocycles. The largest absolute Gasteiger partial charge is 0.393 e. The Balaban J connectivity index is 0.00000123. The molecule has 1 atom stereocenters. The maximum atomic E-state index is 11.1. The summed E-state index contributed by atoms with van der Waals surface area (Å²) in [5, 5.41) is 10.1. The van der Waals surface area contributed by atoms with E-state index in [0.29, 0.717) is 30.7 Å². The van der Waals surface area contributed by atoms with Crippen molar-refractivity contribution < 1.29 is 14.6 Å². The summed E-state index contributed by atoms with van der Waals surface area (Å²) in [6, 6.07) is 0. The molecule has 2 heterocycles. The van der Waals surface area contributed by atoms with Crippen LogP contribution in [-0.2, 0) is 16.1 Å². The van der Waals surface area contributed by atoms with Crippen LogP contribution in [0.2, 0.25) is 0 Å². The van der Waals surface area contributed by atoms with Crippen LogP contribution in [0.25, 0.3) is 11.0 Å². The molecule has 2 rings (SSSR count). The summed E-state index contributed by atoms with van der Waals surface area (Å²) in [5.41, 5.74) is 6.35. The van der Waals surface area contributed by atoms with Crippen LogP contribution in [0.4, 0.5) is 5.82 Å². The molecular weight excluding hydrogens is 308 g/mol. The van der Waals surface area contributed by atoms with Crippen molar-refractivity contribution in [3.05, 3.63) is 18.1 Å². The Kier molecular flexibility index (Phi) is 9.83. The fourth-order valence-electron chi connectivity index (χ4n) is 2.22. The number of hydrogen-bond acceptors (Lipinski definition) is 6. The van der Waals surface area contributed by atoms with Crippen LogP contribution in [0.1, 0.15) is 39.7 Å². The molecule has 0 aliphatic heterocycles. The first-order valence-electron chi connectivity index (χ1n) is 8.25. The van der Waals surface area contributed by atoms with Crippen LogP contribution in [0.5, 0.6) is 0 Å². The predicted molar refractivity (Wildman–Crippen MR) is 96.9 cm³/mol. The molecule has 0 spiro atoms. The molecule has 2 aromatic rings. The number of fused-ring (bicyclic) bond motifs is 1. The van der Waals surface area contributed by atoms with Crippen LogP contribution in [-0.4, -0.2) is 45.2 Å². The predicted octanol–water partition coefficient (Wildman–Crippen LogP) is 2.34. The minimum absolute atomic E-state index is 0.344. The third-order valence-corrected chi connectivity index (χ3v) is 3.54. The van der Waals surface area contributed by atoms with Gasteiger partial charge < -0.3 is 24.9 Å². The summed E-state index contributed by atoms with van der Waals surface area (Å²) >= 11 is 0. The van der Waals surface area contributed by atoms with Gasteiger partial charge in [-0.25, -0.2) is 9.97 Å². The SMILES string of the molecule is CC.CC.CO[C@](C=O)(CO)CCn1cc(C)c2c(N)ncnc21. The minimum Gasteiger partial charge on any atom is -0.393 e. The van der Waals surface area contributed by atoms with E-state index >= 15 is 0 Å². The number of nitrogens with two attached hydrogens (primary N) is 1. The molecule has 24 heavy (non-hydrogen) atoms. The number of carbonyl (C=O) groups is 1. The number of aryl methyl sites for hydroxylation is 2. The Labute approximate surface area is 143 Å². The third-order valence-electron chi connectivity index (χ3n) is 3.54. The second-order valence-electron chi connectivity index (χ2n) is 4.76. The molecule has 7 nitrogen and oxygen atoms in total. The highest BCUT2D eigenvalue weighted by Crippen LogP contribution is 2.24. The maximum absolute atomic E-state index is 11.1. The number of aromatic nitrogens is 3. The van der Waals surface area contributed by atoms with E-state index in [1.807, 2.05) is 45.4 Å². The summed E-state index contributed by atoms with van der Waals surface area (Å²) in [4.78, 5) is 19.3. The van der Waals surface area contributed by atoms with Gasteiger partial charge in [-0.3, -0.25) is 0 Å². The van der Waals surface area contributed by atoms with E-state index < -0.39 is 5.60 Å². The molecule has 2 aromatic heterocycles. The second-order valence-corrected chi connectivity index (χ2v) is 4.76. The molecule has 0 unspecified atom stereocenters. The van der Waals surface area contributed by atoms with Crippen molar-refractivity contribution in [1.29, 1.82) is 0 Å². The number of methoxy groups -OCH3 is 1. The first-order chi connectivity index (χ1) is 11.6. The van der Waals surface area contributed by atoms with E-state index in [2.05, 4.69) is 9.97 Å². The number of nitrogens with zero attached hydrogens (tertiary/aromatic N) is 3. The fourth-order valence-corrected chi connectivity index (χ4v) is 2.22. The van der Waals surface area contributed by atoms with Crippen molar-refractivity contribution in [2.75, 3.05) is 19.5 Å². The summed E-state index contributed by atoms with van der Waals surface area (Å²) in [5.74, 6) is 0.432. The smallest absolute Gasteiger partial charge is 0.154 e. The highest BCUT2D eigenvalue weighted by Gasteiger charge is 2.28. The van der Waals surface area contributed by atoms with Crippen LogP contribution in [0.15, 0.2) is 12.5 Å². The molecule has 0 aromatic carbocycles. The highest BCUT2D eigenvalue weighted by atomic mass is 16.5. The van der Waals surface area contributed by atoms with Gasteiger partial charge >= 0.3 is 0 Å². The topological polar surface area (TPSA) is 103 Å². The van der Waals surface area contributed by atoms with Gasteiger partial charge in [0.1, 0.15) is 23.4 Å². The molecule has 7 heteroatoms. The quantitative estimate of drug-likeness (QED) is 0.784. The van der Waals surface area contributed by atoms with Crippen molar-refractivity contribution in [3.63, 3.8) is 0 Å². The van der Waals surface area contributed by atoms with Gasteiger partial charge in [0.05, 0.1) is 12.0 Å². The van der Waals surface area contributed by atoms with Gasteiger partial charge in [-0.05, 0) is 12.5 Å². The molecule has 3 N–H and O–H groups in total. The number of aliphatic hydroxyl groups is 1. The van der Waals surface area contributed by atoms with Gasteiger partial charge in [-0.15, -0.1) is 0 Å². The summed E-state index contributed by atoms with van der Waals surface area (Å²) < 4.78 is 7.00. The van der Waals surface area contributed by atoms with Gasteiger partial charge in [0.2, 0.25) is 0 Å². The lowest BCUT2D eigenvalue weighted by molar-refractivity contribution is -0.134. The number of nitrogen functional groups attached to an aromatic ring is 1. The zero-order valence-corrected chi connectivity index (χ0v) is 15.5. The number of carbonyl (C=O) groups excluding carboxylic acids is 1. The Bertz CT molecular complexity index is 622. The number of hydrogen-bond donors (Lipinski definition) is 2. The lowest BCUT2D eigenvalue weighted by Crippen LogP contribution is -2.38. The number of rotatable bonds is 6. The van der Waals surface area contributed by atoms with Crippen LogP contribution in [0, 0.1) is 6.92 Å². The van der Waals surface area contributed by atoms with Gasteiger partial charge in [0.15, 0.2) is 6.29 Å². The molecular formula is C17H30N4O3. The molecule has 136 valence electrons. The van der Waals surface area contributed by atoms with Crippen molar-refractivity contribution in [2.45, 2.75) is 53.2 Å². The zero-order chi connectivity index (χ0) is 18.8. The van der Waals surface area contributed by atoms with Crippen LogP contribution < -0.4 is 5.73 Å². The molecule has 0 amide bonds. The summed E-state index contributed by atoms with van der Waals surface area (Å²) in [6.07, 6.45) is 4.28. The van der Waals surface area contributed by atoms with Crippen molar-refractivity contribution in [1.82, 2.24) is 14.5 Å². The average molecular weight is 338 g/mol. The Morgan fingerprint density at radius 1 is 1.33 bits per heavy atom. The Morgan fingerprint density at radius 2 is 1.96 bits per heavy atom. The number of anilines is 1. The molecule has 0 aliphatic carbocycles. The highest BCUT2D eigenvalue weighted by molar-refractivity contribution is 5.89. The van der Waals surface area contributed by atoms with E-state index in [-0.39, 0.29) is 6.61 Å². The Morgan fingerprint density at radius 3 is 2.46 bits per heavy atom. The first kappa shape index (κ1) is 22.0. The second kappa shape index (κ2) is 10.7. The van der Waals surface area contributed by atoms with Gasteiger partial charge in [0.25, 0.3) is 0 Å². The van der Waals surface area contributed by atoms with Crippen molar-refractivity contribution >= 4 is 23.1 Å². The van der Waals surface area contributed by atoms with E-state index in [0.717, 1.165) is 10.9 Å². The lowest BCUT2D eigenvalue weighted by Gasteiger charge is -2.24. The maximum Gasteiger partial charge on any atom is 0.154 e. The third kappa shape index (κ3) is 4.75. The molecule has 0 saturated heterocycles. The monoisotopic (exact) mass is 338 g/mol.